The normalized spacial score (nSPS) is 10.1. The van der Waals surface area contributed by atoms with E-state index in [1.165, 1.54) is 18.2 Å². The van der Waals surface area contributed by atoms with Gasteiger partial charge in [-0.05, 0) is 25.1 Å². The van der Waals surface area contributed by atoms with E-state index in [-0.39, 0.29) is 11.6 Å². The summed E-state index contributed by atoms with van der Waals surface area (Å²) in [5.74, 6) is -0.836. The average Bonchev–Trinajstić information content (AvgIpc) is 2.31. The number of amides is 1. The van der Waals surface area contributed by atoms with Gasteiger partial charge < -0.3 is 15.8 Å². The number of nitrogen functional groups attached to an aromatic ring is 1. The number of nitrogens with two attached hydrogens (primary N) is 1. The molecule has 18 heavy (non-hydrogen) atoms. The molecule has 1 rings (SSSR count). The summed E-state index contributed by atoms with van der Waals surface area (Å²) in [7, 11) is 0. The Morgan fingerprint density at radius 2 is 2.28 bits per heavy atom. The Kier molecular flexibility index (Phi) is 5.32. The molecule has 0 aromatic heterocycles. The van der Waals surface area contributed by atoms with Gasteiger partial charge in [-0.1, -0.05) is 12.2 Å². The number of rotatable bonds is 6. The maximum atomic E-state index is 12.9. The highest BCUT2D eigenvalue weighted by Gasteiger charge is 2.07. The van der Waals surface area contributed by atoms with E-state index in [0.29, 0.717) is 25.3 Å². The van der Waals surface area contributed by atoms with Crippen molar-refractivity contribution in [2.24, 2.45) is 0 Å². The number of halogens is 1. The lowest BCUT2D eigenvalue weighted by Gasteiger charge is -2.07. The first-order chi connectivity index (χ1) is 8.50. The first-order valence-corrected chi connectivity index (χ1v) is 5.56. The topological polar surface area (TPSA) is 64.3 Å². The van der Waals surface area contributed by atoms with Gasteiger partial charge in [0.1, 0.15) is 5.82 Å². The molecule has 0 heterocycles. The first-order valence-electron chi connectivity index (χ1n) is 5.56. The highest BCUT2D eigenvalue weighted by atomic mass is 19.1. The van der Waals surface area contributed by atoms with Gasteiger partial charge in [-0.15, -0.1) is 0 Å². The number of benzene rings is 1. The van der Waals surface area contributed by atoms with Gasteiger partial charge in [0.25, 0.3) is 5.91 Å². The van der Waals surface area contributed by atoms with E-state index in [4.69, 9.17) is 10.5 Å². The van der Waals surface area contributed by atoms with Gasteiger partial charge in [-0.25, -0.2) is 4.39 Å². The standard InChI is InChI=1S/C13H17FN2O2/c1-9(2)8-18-6-5-16-13(17)10-3-4-11(14)12(15)7-10/h3-4,7H,1,5-6,8,15H2,2H3,(H,16,17). The lowest BCUT2D eigenvalue weighted by atomic mass is 10.2. The summed E-state index contributed by atoms with van der Waals surface area (Å²) in [4.78, 5) is 11.6. The van der Waals surface area contributed by atoms with Crippen LogP contribution in [0.4, 0.5) is 10.1 Å². The first kappa shape index (κ1) is 14.2. The van der Waals surface area contributed by atoms with Crippen LogP contribution in [-0.4, -0.2) is 25.7 Å². The minimum Gasteiger partial charge on any atom is -0.396 e. The fourth-order valence-corrected chi connectivity index (χ4v) is 1.27. The largest absolute Gasteiger partial charge is 0.396 e. The molecule has 0 unspecified atom stereocenters. The Morgan fingerprint density at radius 3 is 2.89 bits per heavy atom. The lowest BCUT2D eigenvalue weighted by molar-refractivity contribution is 0.0927. The van der Waals surface area contributed by atoms with Crippen LogP contribution in [0.25, 0.3) is 0 Å². The lowest BCUT2D eigenvalue weighted by Crippen LogP contribution is -2.27. The Balaban J connectivity index is 2.36. The fraction of sp³-hybridized carbons (Fsp3) is 0.308. The van der Waals surface area contributed by atoms with Crippen LogP contribution >= 0.6 is 0 Å². The minimum atomic E-state index is -0.531. The van der Waals surface area contributed by atoms with Crippen molar-refractivity contribution >= 4 is 11.6 Å². The van der Waals surface area contributed by atoms with E-state index in [9.17, 15) is 9.18 Å². The van der Waals surface area contributed by atoms with E-state index in [1.807, 2.05) is 6.92 Å². The third kappa shape index (κ3) is 4.55. The van der Waals surface area contributed by atoms with Gasteiger partial charge >= 0.3 is 0 Å². The van der Waals surface area contributed by atoms with Crippen LogP contribution in [0.3, 0.4) is 0 Å². The van der Waals surface area contributed by atoms with E-state index in [0.717, 1.165) is 5.57 Å². The van der Waals surface area contributed by atoms with Crippen molar-refractivity contribution in [3.8, 4) is 0 Å². The van der Waals surface area contributed by atoms with Gasteiger partial charge in [0.15, 0.2) is 0 Å². The molecule has 0 atom stereocenters. The smallest absolute Gasteiger partial charge is 0.251 e. The van der Waals surface area contributed by atoms with Crippen molar-refractivity contribution in [3.63, 3.8) is 0 Å². The van der Waals surface area contributed by atoms with E-state index < -0.39 is 5.82 Å². The second kappa shape index (κ2) is 6.76. The molecule has 0 aliphatic heterocycles. The monoisotopic (exact) mass is 252 g/mol. The van der Waals surface area contributed by atoms with Crippen LogP contribution in [0.5, 0.6) is 0 Å². The number of carbonyl (C=O) groups is 1. The van der Waals surface area contributed by atoms with Gasteiger partial charge in [-0.2, -0.15) is 0 Å². The molecule has 1 aromatic carbocycles. The SMILES string of the molecule is C=C(C)COCCNC(=O)c1ccc(F)c(N)c1. The fourth-order valence-electron chi connectivity index (χ4n) is 1.27. The Labute approximate surface area is 106 Å². The minimum absolute atomic E-state index is 0.0406. The average molecular weight is 252 g/mol. The predicted octanol–water partition coefficient (Wildman–Crippen LogP) is 1.73. The van der Waals surface area contributed by atoms with Crippen molar-refractivity contribution in [1.82, 2.24) is 5.32 Å². The quantitative estimate of drug-likeness (QED) is 0.460. The number of anilines is 1. The molecule has 0 spiro atoms. The second-order valence-corrected chi connectivity index (χ2v) is 4.00. The van der Waals surface area contributed by atoms with Crippen LogP contribution < -0.4 is 11.1 Å². The summed E-state index contributed by atoms with van der Waals surface area (Å²) in [5.41, 5.74) is 6.59. The zero-order valence-corrected chi connectivity index (χ0v) is 10.3. The summed E-state index contributed by atoms with van der Waals surface area (Å²) < 4.78 is 18.1. The highest BCUT2D eigenvalue weighted by Crippen LogP contribution is 2.11. The number of ether oxygens (including phenoxy) is 1. The predicted molar refractivity (Wildman–Crippen MR) is 68.8 cm³/mol. The van der Waals surface area contributed by atoms with E-state index >= 15 is 0 Å². The third-order valence-electron chi connectivity index (χ3n) is 2.14. The molecule has 1 amide bonds. The molecular formula is C13H17FN2O2. The van der Waals surface area contributed by atoms with Crippen molar-refractivity contribution in [3.05, 3.63) is 41.7 Å². The second-order valence-electron chi connectivity index (χ2n) is 4.00. The summed E-state index contributed by atoms with van der Waals surface area (Å²) in [5, 5.41) is 2.65. The molecule has 0 radical (unpaired) electrons. The van der Waals surface area contributed by atoms with Crippen LogP contribution in [-0.2, 0) is 4.74 Å². The van der Waals surface area contributed by atoms with Gasteiger partial charge in [-0.3, -0.25) is 4.79 Å². The van der Waals surface area contributed by atoms with Crippen LogP contribution in [0, 0.1) is 5.82 Å². The summed E-state index contributed by atoms with van der Waals surface area (Å²) in [6.45, 7) is 6.80. The molecule has 4 nitrogen and oxygen atoms in total. The third-order valence-corrected chi connectivity index (χ3v) is 2.14. The van der Waals surface area contributed by atoms with Crippen molar-refractivity contribution < 1.29 is 13.9 Å². The Bertz CT molecular complexity index is 447. The summed E-state index contributed by atoms with van der Waals surface area (Å²) in [6.07, 6.45) is 0. The molecule has 98 valence electrons. The van der Waals surface area contributed by atoms with Gasteiger partial charge in [0.05, 0.1) is 18.9 Å². The van der Waals surface area contributed by atoms with Crippen LogP contribution in [0.1, 0.15) is 17.3 Å². The van der Waals surface area contributed by atoms with Gasteiger partial charge in [0, 0.05) is 12.1 Å². The molecule has 5 heteroatoms. The molecule has 3 N–H and O–H groups in total. The number of hydrogen-bond acceptors (Lipinski definition) is 3. The molecule has 0 saturated carbocycles. The van der Waals surface area contributed by atoms with Crippen molar-refractivity contribution in [2.75, 3.05) is 25.5 Å². The molecule has 0 bridgehead atoms. The van der Waals surface area contributed by atoms with Crippen molar-refractivity contribution in [1.29, 1.82) is 0 Å². The summed E-state index contributed by atoms with van der Waals surface area (Å²) >= 11 is 0. The zero-order valence-electron chi connectivity index (χ0n) is 10.3. The highest BCUT2D eigenvalue weighted by molar-refractivity contribution is 5.94. The molecule has 0 aliphatic rings. The maximum Gasteiger partial charge on any atom is 0.251 e. The summed E-state index contributed by atoms with van der Waals surface area (Å²) in [6, 6.07) is 3.86. The Hall–Kier alpha value is -1.88. The number of hydrogen-bond donors (Lipinski definition) is 2. The molecule has 0 saturated heterocycles. The zero-order chi connectivity index (χ0) is 13.5. The van der Waals surface area contributed by atoms with E-state index in [2.05, 4.69) is 11.9 Å². The van der Waals surface area contributed by atoms with E-state index in [1.54, 1.807) is 0 Å². The van der Waals surface area contributed by atoms with Gasteiger partial charge in [0.2, 0.25) is 0 Å². The van der Waals surface area contributed by atoms with Crippen LogP contribution in [0.2, 0.25) is 0 Å². The molecular weight excluding hydrogens is 235 g/mol. The van der Waals surface area contributed by atoms with Crippen molar-refractivity contribution in [2.45, 2.75) is 6.92 Å². The number of carbonyl (C=O) groups excluding carboxylic acids is 1. The molecule has 0 aliphatic carbocycles. The maximum absolute atomic E-state index is 12.9. The molecule has 1 aromatic rings. The van der Waals surface area contributed by atoms with Crippen LogP contribution in [0.15, 0.2) is 30.4 Å². The Morgan fingerprint density at radius 1 is 1.56 bits per heavy atom. The molecule has 0 fully saturated rings. The number of nitrogens with one attached hydrogen (secondary N) is 1.